The van der Waals surface area contributed by atoms with Crippen molar-refractivity contribution in [3.8, 4) is 16.9 Å². The molecule has 1 fully saturated rings. The quantitative estimate of drug-likeness (QED) is 0.363. The zero-order valence-electron chi connectivity index (χ0n) is 20.9. The molecule has 1 amide bonds. The minimum atomic E-state index is -0.584. The van der Waals surface area contributed by atoms with Crippen LogP contribution in [0, 0.1) is 5.82 Å². The molecule has 0 radical (unpaired) electrons. The lowest BCUT2D eigenvalue weighted by atomic mass is 9.97. The molecular weight excluding hydrogens is 485 g/mol. The van der Waals surface area contributed by atoms with E-state index in [0.29, 0.717) is 45.4 Å². The number of carbonyl (C=O) groups is 1. The number of amides is 1. The number of benzene rings is 2. The third-order valence-electron chi connectivity index (χ3n) is 7.12. The lowest BCUT2D eigenvalue weighted by Crippen LogP contribution is -2.33. The summed E-state index contributed by atoms with van der Waals surface area (Å²) in [5.41, 5.74) is 4.98. The standard InChI is InChI=1S/C29H26FN5O3/c1-3-22(31-2)27-33-26-19(9-10-32-28(26)34-27)18-5-4-6-23(20(18)15-36)35-11-12-38-24-14-17(16-7-8-16)13-21(30)25(24)29(35)37/h3-6,9-10,13-14,16,36H,1,7-8,11-12,15H2,2H3,(H,32,33,34). The van der Waals surface area contributed by atoms with E-state index in [-0.39, 0.29) is 31.1 Å². The fraction of sp³-hybridized carbons (Fsp3) is 0.241. The Morgan fingerprint density at radius 3 is 2.89 bits per heavy atom. The number of fused-ring (bicyclic) bond motifs is 2. The van der Waals surface area contributed by atoms with Crippen LogP contribution in [-0.4, -0.2) is 51.9 Å². The Kier molecular flexibility index (Phi) is 6.00. The number of aromatic nitrogens is 3. The number of H-pyrrole nitrogens is 1. The van der Waals surface area contributed by atoms with Crippen LogP contribution in [0.15, 0.2) is 60.2 Å². The molecule has 1 aliphatic carbocycles. The number of rotatable bonds is 6. The number of ether oxygens (including phenoxy) is 1. The summed E-state index contributed by atoms with van der Waals surface area (Å²) in [6.45, 7) is 3.85. The molecule has 1 aliphatic heterocycles. The SMILES string of the molecule is C=CC(=NC)c1nc2nccc(-c3cccc(N4CCOc5cc(C6CC6)cc(F)c5C4=O)c3CO)c2[nH]1. The summed E-state index contributed by atoms with van der Waals surface area (Å²) in [4.78, 5) is 31.6. The summed E-state index contributed by atoms with van der Waals surface area (Å²) in [5, 5.41) is 10.5. The van der Waals surface area contributed by atoms with Crippen LogP contribution in [0.4, 0.5) is 10.1 Å². The molecule has 2 aromatic carbocycles. The van der Waals surface area contributed by atoms with E-state index in [1.807, 2.05) is 18.2 Å². The van der Waals surface area contributed by atoms with Crippen LogP contribution >= 0.6 is 0 Å². The number of imidazole rings is 1. The van der Waals surface area contributed by atoms with E-state index in [9.17, 15) is 9.90 Å². The predicted molar refractivity (Wildman–Crippen MR) is 143 cm³/mol. The smallest absolute Gasteiger partial charge is 0.265 e. The molecule has 9 heteroatoms. The number of nitrogens with one attached hydrogen (secondary N) is 1. The number of aliphatic hydroxyl groups is 1. The van der Waals surface area contributed by atoms with Crippen LogP contribution in [0.2, 0.25) is 0 Å². The van der Waals surface area contributed by atoms with Crippen LogP contribution in [0.1, 0.15) is 46.1 Å². The minimum Gasteiger partial charge on any atom is -0.491 e. The van der Waals surface area contributed by atoms with Crippen molar-refractivity contribution in [2.45, 2.75) is 25.4 Å². The molecule has 2 N–H and O–H groups in total. The fourth-order valence-corrected chi connectivity index (χ4v) is 5.09. The maximum Gasteiger partial charge on any atom is 0.265 e. The molecule has 8 nitrogen and oxygen atoms in total. The highest BCUT2D eigenvalue weighted by atomic mass is 19.1. The van der Waals surface area contributed by atoms with Gasteiger partial charge in [-0.15, -0.1) is 0 Å². The summed E-state index contributed by atoms with van der Waals surface area (Å²) in [6.07, 6.45) is 5.28. The number of hydrogen-bond acceptors (Lipinski definition) is 6. The van der Waals surface area contributed by atoms with Crippen LogP contribution < -0.4 is 9.64 Å². The molecular formula is C29H26FN5O3. The van der Waals surface area contributed by atoms with Crippen molar-refractivity contribution >= 4 is 28.5 Å². The second-order valence-electron chi connectivity index (χ2n) is 9.37. The van der Waals surface area contributed by atoms with Crippen molar-refractivity contribution in [2.75, 3.05) is 25.1 Å². The third kappa shape index (κ3) is 3.95. The van der Waals surface area contributed by atoms with Crippen molar-refractivity contribution in [3.63, 3.8) is 0 Å². The van der Waals surface area contributed by atoms with Crippen molar-refractivity contribution in [1.29, 1.82) is 0 Å². The second kappa shape index (κ2) is 9.50. The maximum atomic E-state index is 15.3. The zero-order chi connectivity index (χ0) is 26.4. The van der Waals surface area contributed by atoms with Crippen LogP contribution in [0.25, 0.3) is 22.3 Å². The van der Waals surface area contributed by atoms with Crippen LogP contribution in [0.5, 0.6) is 5.75 Å². The summed E-state index contributed by atoms with van der Waals surface area (Å²) in [6, 6.07) is 10.5. The third-order valence-corrected chi connectivity index (χ3v) is 7.12. The van der Waals surface area contributed by atoms with Crippen molar-refractivity contribution in [1.82, 2.24) is 15.0 Å². The number of pyridine rings is 1. The summed E-state index contributed by atoms with van der Waals surface area (Å²) in [7, 11) is 1.65. The van der Waals surface area contributed by atoms with Gasteiger partial charge in [-0.05, 0) is 60.2 Å². The number of allylic oxidation sites excluding steroid dienone is 1. The first-order valence-corrected chi connectivity index (χ1v) is 12.5. The monoisotopic (exact) mass is 511 g/mol. The van der Waals surface area contributed by atoms with Gasteiger partial charge in [-0.25, -0.2) is 14.4 Å². The first-order valence-electron chi connectivity index (χ1n) is 12.5. The van der Waals surface area contributed by atoms with Crippen molar-refractivity contribution in [2.24, 2.45) is 4.99 Å². The van der Waals surface area contributed by atoms with Gasteiger partial charge in [0.25, 0.3) is 5.91 Å². The fourth-order valence-electron chi connectivity index (χ4n) is 5.09. The topological polar surface area (TPSA) is 104 Å². The van der Waals surface area contributed by atoms with Crippen LogP contribution in [-0.2, 0) is 6.61 Å². The second-order valence-corrected chi connectivity index (χ2v) is 9.37. The summed E-state index contributed by atoms with van der Waals surface area (Å²) >= 11 is 0. The highest BCUT2D eigenvalue weighted by Crippen LogP contribution is 2.43. The average molecular weight is 512 g/mol. The number of anilines is 1. The van der Waals surface area contributed by atoms with Gasteiger partial charge in [0.2, 0.25) is 0 Å². The van der Waals surface area contributed by atoms with E-state index < -0.39 is 11.7 Å². The van der Waals surface area contributed by atoms with E-state index in [2.05, 4.69) is 26.5 Å². The molecule has 0 saturated heterocycles. The zero-order valence-corrected chi connectivity index (χ0v) is 20.9. The molecule has 2 aliphatic rings. The van der Waals surface area contributed by atoms with Gasteiger partial charge in [-0.3, -0.25) is 9.79 Å². The van der Waals surface area contributed by atoms with E-state index in [1.165, 1.54) is 11.0 Å². The Morgan fingerprint density at radius 2 is 2.16 bits per heavy atom. The average Bonchev–Trinajstić information content (AvgIpc) is 3.71. The molecule has 4 aromatic rings. The molecule has 38 heavy (non-hydrogen) atoms. The van der Waals surface area contributed by atoms with Gasteiger partial charge >= 0.3 is 0 Å². The van der Waals surface area contributed by atoms with Gasteiger partial charge in [0.15, 0.2) is 11.5 Å². The summed E-state index contributed by atoms with van der Waals surface area (Å²) < 4.78 is 21.1. The van der Waals surface area contributed by atoms with Gasteiger partial charge in [0.1, 0.15) is 23.7 Å². The van der Waals surface area contributed by atoms with Crippen molar-refractivity contribution < 1.29 is 19.0 Å². The predicted octanol–water partition coefficient (Wildman–Crippen LogP) is 4.78. The van der Waals surface area contributed by atoms with Gasteiger partial charge in [-0.1, -0.05) is 18.7 Å². The summed E-state index contributed by atoms with van der Waals surface area (Å²) in [5.74, 6) is 0.0493. The molecule has 0 spiro atoms. The molecule has 1 saturated carbocycles. The molecule has 3 heterocycles. The molecule has 2 aromatic heterocycles. The highest BCUT2D eigenvalue weighted by Gasteiger charge is 2.33. The van der Waals surface area contributed by atoms with Gasteiger partial charge in [0.05, 0.1) is 30.1 Å². The maximum absolute atomic E-state index is 15.3. The molecule has 0 bridgehead atoms. The van der Waals surface area contributed by atoms with Gasteiger partial charge < -0.3 is 19.7 Å². The Bertz CT molecular complexity index is 1620. The first kappa shape index (κ1) is 24.0. The number of aliphatic imine (C=N–C) groups is 1. The van der Waals surface area contributed by atoms with Gasteiger partial charge in [-0.2, -0.15) is 0 Å². The number of aromatic amines is 1. The molecule has 6 rings (SSSR count). The Labute approximate surface area is 218 Å². The van der Waals surface area contributed by atoms with Crippen molar-refractivity contribution in [3.05, 3.63) is 83.6 Å². The minimum absolute atomic E-state index is 0.0819. The largest absolute Gasteiger partial charge is 0.491 e. The lowest BCUT2D eigenvalue weighted by Gasteiger charge is -2.24. The van der Waals surface area contributed by atoms with Crippen LogP contribution in [0.3, 0.4) is 0 Å². The number of nitrogens with zero attached hydrogens (tertiary/aromatic N) is 4. The molecule has 0 atom stereocenters. The lowest BCUT2D eigenvalue weighted by molar-refractivity contribution is 0.0985. The Hall–Kier alpha value is -4.37. The van der Waals surface area contributed by atoms with Gasteiger partial charge in [0, 0.05) is 24.4 Å². The number of aliphatic hydroxyl groups excluding tert-OH is 1. The number of carbonyl (C=O) groups excluding carboxylic acids is 1. The Morgan fingerprint density at radius 1 is 1.32 bits per heavy atom. The van der Waals surface area contributed by atoms with E-state index >= 15 is 4.39 Å². The number of hydrogen-bond donors (Lipinski definition) is 2. The highest BCUT2D eigenvalue weighted by molar-refractivity contribution is 6.10. The van der Waals surface area contributed by atoms with E-state index in [0.717, 1.165) is 24.0 Å². The first-order chi connectivity index (χ1) is 18.5. The Balaban J connectivity index is 1.46. The number of halogens is 1. The van der Waals surface area contributed by atoms with E-state index in [4.69, 9.17) is 4.74 Å². The molecule has 192 valence electrons. The molecule has 0 unspecified atom stereocenters. The van der Waals surface area contributed by atoms with E-state index in [1.54, 1.807) is 31.5 Å². The normalized spacial score (nSPS) is 15.8.